The third-order valence-electron chi connectivity index (χ3n) is 4.65. The summed E-state index contributed by atoms with van der Waals surface area (Å²) in [7, 11) is 2.10. The van der Waals surface area contributed by atoms with Gasteiger partial charge in [0.2, 0.25) is 11.0 Å². The summed E-state index contributed by atoms with van der Waals surface area (Å²) < 4.78 is 2.23. The van der Waals surface area contributed by atoms with Crippen LogP contribution < -0.4 is 4.57 Å². The molecule has 0 spiro atoms. The fraction of sp³-hybridized carbons (Fsp3) is 0.0909. The molecule has 0 radical (unpaired) electrons. The van der Waals surface area contributed by atoms with Crippen LogP contribution in [-0.4, -0.2) is 5.78 Å². The van der Waals surface area contributed by atoms with Crippen LogP contribution in [-0.2, 0) is 7.05 Å². The van der Waals surface area contributed by atoms with Gasteiger partial charge >= 0.3 is 0 Å². The Morgan fingerprint density at radius 1 is 0.750 bits per heavy atom. The first kappa shape index (κ1) is 14.6. The van der Waals surface area contributed by atoms with Gasteiger partial charge in [0, 0.05) is 23.3 Å². The SMILES string of the molecule is CC(=O)c1ccc(-c2c3ccccc3[n+](C)c3ccccc23)cc1. The smallest absolute Gasteiger partial charge is 0.213 e. The second-order valence-electron chi connectivity index (χ2n) is 6.10. The number of benzene rings is 3. The molecule has 2 nitrogen and oxygen atoms in total. The van der Waals surface area contributed by atoms with E-state index in [0.29, 0.717) is 0 Å². The topological polar surface area (TPSA) is 20.9 Å². The van der Waals surface area contributed by atoms with Crippen LogP contribution in [0.15, 0.2) is 72.8 Å². The van der Waals surface area contributed by atoms with Gasteiger partial charge in [-0.1, -0.05) is 48.5 Å². The number of carbonyl (C=O) groups is 1. The summed E-state index contributed by atoms with van der Waals surface area (Å²) in [4.78, 5) is 11.6. The monoisotopic (exact) mass is 312 g/mol. The van der Waals surface area contributed by atoms with Gasteiger partial charge in [0.05, 0.1) is 10.8 Å². The van der Waals surface area contributed by atoms with Crippen molar-refractivity contribution in [2.24, 2.45) is 7.05 Å². The third-order valence-corrected chi connectivity index (χ3v) is 4.65. The van der Waals surface area contributed by atoms with Crippen molar-refractivity contribution in [3.05, 3.63) is 78.4 Å². The number of fused-ring (bicyclic) bond motifs is 2. The quantitative estimate of drug-likeness (QED) is 0.299. The van der Waals surface area contributed by atoms with Crippen molar-refractivity contribution in [2.75, 3.05) is 0 Å². The lowest BCUT2D eigenvalue weighted by atomic mass is 9.95. The van der Waals surface area contributed by atoms with E-state index < -0.39 is 0 Å². The van der Waals surface area contributed by atoms with Gasteiger partial charge in [0.15, 0.2) is 5.78 Å². The predicted octanol–water partition coefficient (Wildman–Crippen LogP) is 4.69. The van der Waals surface area contributed by atoms with Gasteiger partial charge in [-0.05, 0) is 24.6 Å². The molecule has 0 atom stereocenters. The maximum absolute atomic E-state index is 11.6. The summed E-state index contributed by atoms with van der Waals surface area (Å²) in [6.07, 6.45) is 0. The summed E-state index contributed by atoms with van der Waals surface area (Å²) in [5.41, 5.74) is 5.49. The number of Topliss-reactive ketones (excluding diaryl/α,β-unsaturated/α-hetero) is 1. The van der Waals surface area contributed by atoms with Gasteiger partial charge < -0.3 is 0 Å². The van der Waals surface area contributed by atoms with Gasteiger partial charge in [0.25, 0.3) is 0 Å². The molecule has 1 heterocycles. The zero-order chi connectivity index (χ0) is 16.7. The maximum Gasteiger partial charge on any atom is 0.213 e. The Hall–Kier alpha value is -3.00. The number of aromatic nitrogens is 1. The van der Waals surface area contributed by atoms with Gasteiger partial charge in [-0.2, -0.15) is 4.57 Å². The molecule has 0 aliphatic carbocycles. The molecule has 0 saturated heterocycles. The first-order chi connectivity index (χ1) is 11.7. The minimum absolute atomic E-state index is 0.0933. The van der Waals surface area contributed by atoms with Gasteiger partial charge in [-0.25, -0.2) is 0 Å². The van der Waals surface area contributed by atoms with E-state index in [9.17, 15) is 4.79 Å². The summed E-state index contributed by atoms with van der Waals surface area (Å²) in [6, 6.07) is 24.8. The van der Waals surface area contributed by atoms with Crippen LogP contribution in [0.25, 0.3) is 32.9 Å². The van der Waals surface area contributed by atoms with E-state index in [1.807, 2.05) is 24.3 Å². The van der Waals surface area contributed by atoms with E-state index >= 15 is 0 Å². The Morgan fingerprint density at radius 3 is 1.75 bits per heavy atom. The van der Waals surface area contributed by atoms with E-state index in [1.165, 1.54) is 27.4 Å². The number of pyridine rings is 1. The third kappa shape index (κ3) is 2.19. The van der Waals surface area contributed by atoms with E-state index in [0.717, 1.165) is 11.1 Å². The molecule has 116 valence electrons. The largest absolute Gasteiger partial charge is 0.295 e. The Labute approximate surface area is 141 Å². The molecule has 0 aliphatic rings. The van der Waals surface area contributed by atoms with Crippen LogP contribution in [0.2, 0.25) is 0 Å². The standard InChI is InChI=1S/C22H18NO/c1-15(24)16-11-13-17(14-12-16)22-18-7-3-5-9-20(18)23(2)21-10-6-4-8-19(21)22/h3-14H,1-2H3/q+1. The second kappa shape index (κ2) is 5.57. The summed E-state index contributed by atoms with van der Waals surface area (Å²) >= 11 is 0. The van der Waals surface area contributed by atoms with E-state index in [2.05, 4.69) is 60.1 Å². The maximum atomic E-state index is 11.6. The van der Waals surface area contributed by atoms with Gasteiger partial charge in [-0.3, -0.25) is 4.79 Å². The number of rotatable bonds is 2. The van der Waals surface area contributed by atoms with Crippen molar-refractivity contribution >= 4 is 27.6 Å². The number of hydrogen-bond donors (Lipinski definition) is 0. The average Bonchev–Trinajstić information content (AvgIpc) is 2.62. The zero-order valence-corrected chi connectivity index (χ0v) is 13.8. The minimum atomic E-state index is 0.0933. The van der Waals surface area contributed by atoms with Crippen LogP contribution in [0.3, 0.4) is 0 Å². The fourth-order valence-corrected chi connectivity index (χ4v) is 3.41. The number of para-hydroxylation sites is 2. The van der Waals surface area contributed by atoms with Crippen molar-refractivity contribution in [3.8, 4) is 11.1 Å². The molecule has 0 aliphatic heterocycles. The van der Waals surface area contributed by atoms with Crippen molar-refractivity contribution < 1.29 is 9.36 Å². The number of nitrogens with zero attached hydrogens (tertiary/aromatic N) is 1. The molecule has 4 aromatic rings. The fourth-order valence-electron chi connectivity index (χ4n) is 3.41. The highest BCUT2D eigenvalue weighted by atomic mass is 16.1. The Bertz CT molecular complexity index is 1020. The molecule has 1 aromatic heterocycles. The second-order valence-corrected chi connectivity index (χ2v) is 6.10. The van der Waals surface area contributed by atoms with Crippen molar-refractivity contribution in [1.29, 1.82) is 0 Å². The van der Waals surface area contributed by atoms with E-state index in [1.54, 1.807) is 6.92 Å². The van der Waals surface area contributed by atoms with Crippen LogP contribution >= 0.6 is 0 Å². The molecule has 0 bridgehead atoms. The molecule has 4 rings (SSSR count). The molecule has 2 heteroatoms. The van der Waals surface area contributed by atoms with Crippen molar-refractivity contribution in [1.82, 2.24) is 0 Å². The molecule has 24 heavy (non-hydrogen) atoms. The predicted molar refractivity (Wildman–Crippen MR) is 98.1 cm³/mol. The van der Waals surface area contributed by atoms with Crippen molar-refractivity contribution in [2.45, 2.75) is 6.92 Å². The number of aryl methyl sites for hydroxylation is 1. The molecule has 0 saturated carbocycles. The normalized spacial score (nSPS) is 11.1. The zero-order valence-electron chi connectivity index (χ0n) is 13.8. The Morgan fingerprint density at radius 2 is 1.25 bits per heavy atom. The summed E-state index contributed by atoms with van der Waals surface area (Å²) in [5.74, 6) is 0.0933. The van der Waals surface area contributed by atoms with Crippen molar-refractivity contribution in [3.63, 3.8) is 0 Å². The minimum Gasteiger partial charge on any atom is -0.295 e. The molecule has 0 unspecified atom stereocenters. The highest BCUT2D eigenvalue weighted by Crippen LogP contribution is 2.33. The lowest BCUT2D eigenvalue weighted by molar-refractivity contribution is -0.617. The summed E-state index contributed by atoms with van der Waals surface area (Å²) in [6.45, 7) is 1.60. The molecule has 0 fully saturated rings. The number of carbonyl (C=O) groups excluding carboxylic acids is 1. The van der Waals surface area contributed by atoms with Crippen LogP contribution in [0.4, 0.5) is 0 Å². The van der Waals surface area contributed by atoms with Crippen LogP contribution in [0.5, 0.6) is 0 Å². The van der Waals surface area contributed by atoms with E-state index in [-0.39, 0.29) is 5.78 Å². The molecular formula is C22H18NO+. The first-order valence-electron chi connectivity index (χ1n) is 8.07. The molecule has 0 N–H and O–H groups in total. The van der Waals surface area contributed by atoms with E-state index in [4.69, 9.17) is 0 Å². The highest BCUT2D eigenvalue weighted by Gasteiger charge is 2.18. The summed E-state index contributed by atoms with van der Waals surface area (Å²) in [5, 5.41) is 2.43. The van der Waals surface area contributed by atoms with Gasteiger partial charge in [-0.15, -0.1) is 0 Å². The Kier molecular flexibility index (Phi) is 3.39. The highest BCUT2D eigenvalue weighted by molar-refractivity contribution is 6.07. The lowest BCUT2D eigenvalue weighted by Gasteiger charge is -2.11. The number of ketones is 1. The number of hydrogen-bond acceptors (Lipinski definition) is 1. The van der Waals surface area contributed by atoms with Gasteiger partial charge in [0.1, 0.15) is 7.05 Å². The molecule has 0 amide bonds. The Balaban J connectivity index is 2.12. The van der Waals surface area contributed by atoms with Crippen LogP contribution in [0, 0.1) is 0 Å². The lowest BCUT2D eigenvalue weighted by Crippen LogP contribution is -2.30. The first-order valence-corrected chi connectivity index (χ1v) is 8.07. The average molecular weight is 312 g/mol. The molecule has 3 aromatic carbocycles. The molecular weight excluding hydrogens is 294 g/mol. The van der Waals surface area contributed by atoms with Crippen LogP contribution in [0.1, 0.15) is 17.3 Å².